The molecule has 4 heteroatoms. The molecule has 350 valence electrons. The Labute approximate surface area is 389 Å². The van der Waals surface area contributed by atoms with Crippen LogP contribution in [0.25, 0.3) is 21.5 Å². The Hall–Kier alpha value is -4.44. The van der Waals surface area contributed by atoms with E-state index in [1.165, 1.54) is 215 Å². The molecule has 0 saturated heterocycles. The summed E-state index contributed by atoms with van der Waals surface area (Å²) in [6.07, 6.45) is 38.1. The van der Waals surface area contributed by atoms with Crippen LogP contribution < -0.4 is 0 Å². The molecule has 0 aliphatic carbocycles. The molecule has 5 aromatic rings. The van der Waals surface area contributed by atoms with Gasteiger partial charge < -0.3 is 10.2 Å². The van der Waals surface area contributed by atoms with Gasteiger partial charge in [0.25, 0.3) is 0 Å². The Balaban J connectivity index is 0.000000273. The maximum absolute atomic E-state index is 10.5. The van der Waals surface area contributed by atoms with Gasteiger partial charge in [-0.05, 0) is 107 Å². The van der Waals surface area contributed by atoms with Crippen molar-refractivity contribution in [3.8, 4) is 0 Å². The molecule has 0 aliphatic heterocycles. The summed E-state index contributed by atoms with van der Waals surface area (Å²) in [7, 11) is 0. The summed E-state index contributed by atoms with van der Waals surface area (Å²) >= 11 is 0. The smallest absolute Gasteiger partial charge is 0.336 e. The van der Waals surface area contributed by atoms with E-state index >= 15 is 0 Å². The van der Waals surface area contributed by atoms with Crippen molar-refractivity contribution in [3.05, 3.63) is 130 Å². The lowest BCUT2D eigenvalue weighted by Gasteiger charge is -2.12. The quantitative estimate of drug-likeness (QED) is 0.0451. The number of hydrogen-bond acceptors (Lipinski definition) is 2. The third-order valence-corrected chi connectivity index (χ3v) is 12.7. The highest BCUT2D eigenvalue weighted by Crippen LogP contribution is 2.28. The van der Waals surface area contributed by atoms with Crippen LogP contribution in [-0.2, 0) is 25.7 Å². The minimum atomic E-state index is -1.23. The van der Waals surface area contributed by atoms with Crippen LogP contribution in [0.1, 0.15) is 225 Å². The highest BCUT2D eigenvalue weighted by Gasteiger charge is 2.14. The van der Waals surface area contributed by atoms with Crippen molar-refractivity contribution in [1.82, 2.24) is 0 Å². The van der Waals surface area contributed by atoms with E-state index in [1.54, 1.807) is 33.0 Å². The van der Waals surface area contributed by atoms with Gasteiger partial charge in [-0.25, -0.2) is 9.59 Å². The fourth-order valence-corrected chi connectivity index (χ4v) is 9.08. The molecule has 0 heterocycles. The van der Waals surface area contributed by atoms with Crippen LogP contribution in [0.2, 0.25) is 0 Å². The van der Waals surface area contributed by atoms with Crippen LogP contribution in [0.15, 0.2) is 97.1 Å². The van der Waals surface area contributed by atoms with Crippen molar-refractivity contribution in [3.63, 3.8) is 0 Å². The molecule has 5 rings (SSSR count). The zero-order chi connectivity index (χ0) is 46.0. The van der Waals surface area contributed by atoms with Crippen LogP contribution in [0.5, 0.6) is 0 Å². The number of fused-ring (bicyclic) bond motifs is 2. The molecule has 0 saturated carbocycles. The van der Waals surface area contributed by atoms with Crippen molar-refractivity contribution >= 4 is 33.5 Å². The SMILES string of the molecule is CCCCCCCCc1cccc2cccc(CCCCCCCC)c12.CCCCCCCCc1cccc2cccc(CCCCCCCC)c12.O=C(O)c1ccccc1C(=O)O. The number of aromatic carboxylic acids is 2. The maximum Gasteiger partial charge on any atom is 0.336 e. The Bertz CT molecular complexity index is 1760. The summed E-state index contributed by atoms with van der Waals surface area (Å²) in [6, 6.07) is 33.2. The second-order valence-electron chi connectivity index (χ2n) is 18.1. The van der Waals surface area contributed by atoms with Crippen molar-refractivity contribution in [1.29, 1.82) is 0 Å². The number of unbranched alkanes of at least 4 members (excludes halogenated alkanes) is 20. The standard InChI is InChI=1S/2C26H40.C8H6O4/c2*1-3-5-7-9-11-13-17-23-19-15-21-25-22-16-20-24(26(23)25)18-14-12-10-8-6-4-2;9-7(10)5-3-1-2-4-6(5)8(11)12/h2*15-16,19-22H,3-14,17-18H2,1-2H3;1-4H,(H,9,10)(H,11,12). The van der Waals surface area contributed by atoms with E-state index in [4.69, 9.17) is 10.2 Å². The molecule has 0 unspecified atom stereocenters. The van der Waals surface area contributed by atoms with E-state index in [2.05, 4.69) is 100 Å². The van der Waals surface area contributed by atoms with Crippen molar-refractivity contribution in [2.75, 3.05) is 0 Å². The first-order valence-electron chi connectivity index (χ1n) is 25.9. The van der Waals surface area contributed by atoms with E-state index in [9.17, 15) is 9.59 Å². The predicted octanol–water partition coefficient (Wildman–Crippen LogP) is 18.4. The summed E-state index contributed by atoms with van der Waals surface area (Å²) in [5, 5.41) is 23.1. The molecule has 0 bridgehead atoms. The molecule has 64 heavy (non-hydrogen) atoms. The molecule has 0 amide bonds. The van der Waals surface area contributed by atoms with Crippen LogP contribution in [0, 0.1) is 0 Å². The molecule has 0 radical (unpaired) electrons. The second kappa shape index (κ2) is 34.0. The molecular weight excluding hydrogens is 785 g/mol. The highest BCUT2D eigenvalue weighted by atomic mass is 16.4. The van der Waals surface area contributed by atoms with Gasteiger partial charge in [0.15, 0.2) is 0 Å². The summed E-state index contributed by atoms with van der Waals surface area (Å²) in [4.78, 5) is 20.9. The van der Waals surface area contributed by atoms with Crippen LogP contribution in [0.3, 0.4) is 0 Å². The van der Waals surface area contributed by atoms with Crippen molar-refractivity contribution in [2.24, 2.45) is 0 Å². The third-order valence-electron chi connectivity index (χ3n) is 12.7. The van der Waals surface area contributed by atoms with Gasteiger partial charge in [-0.15, -0.1) is 0 Å². The van der Waals surface area contributed by atoms with E-state index in [-0.39, 0.29) is 11.1 Å². The average Bonchev–Trinajstić information content (AvgIpc) is 3.31. The lowest BCUT2D eigenvalue weighted by molar-refractivity contribution is 0.0651. The summed E-state index contributed by atoms with van der Waals surface area (Å²) in [6.45, 7) is 9.17. The number of hydrogen-bond donors (Lipinski definition) is 2. The Morgan fingerprint density at radius 1 is 0.312 bits per heavy atom. The topological polar surface area (TPSA) is 74.6 Å². The van der Waals surface area contributed by atoms with Gasteiger partial charge in [-0.2, -0.15) is 0 Å². The molecular formula is C60H86O4. The molecule has 5 aromatic carbocycles. The first-order chi connectivity index (χ1) is 31.4. The minimum Gasteiger partial charge on any atom is -0.478 e. The van der Waals surface area contributed by atoms with E-state index < -0.39 is 11.9 Å². The van der Waals surface area contributed by atoms with Crippen molar-refractivity contribution in [2.45, 2.75) is 207 Å². The number of carboxylic acids is 2. The number of aryl methyl sites for hydroxylation is 4. The van der Waals surface area contributed by atoms with E-state index in [1.807, 2.05) is 0 Å². The van der Waals surface area contributed by atoms with E-state index in [0.717, 1.165) is 0 Å². The van der Waals surface area contributed by atoms with Crippen LogP contribution in [-0.4, -0.2) is 22.2 Å². The normalized spacial score (nSPS) is 10.9. The molecule has 0 aliphatic rings. The molecule has 2 N–H and O–H groups in total. The number of carbonyl (C=O) groups is 2. The fraction of sp³-hybridized carbons (Fsp3) is 0.533. The molecule has 0 spiro atoms. The molecule has 0 fully saturated rings. The average molecular weight is 871 g/mol. The molecule has 4 nitrogen and oxygen atoms in total. The van der Waals surface area contributed by atoms with Gasteiger partial charge >= 0.3 is 11.9 Å². The number of carboxylic acid groups (broad SMARTS) is 2. The first-order valence-corrected chi connectivity index (χ1v) is 25.9. The number of benzene rings is 5. The monoisotopic (exact) mass is 871 g/mol. The summed E-state index contributed by atoms with van der Waals surface area (Å²) in [5.74, 6) is -2.46. The van der Waals surface area contributed by atoms with Gasteiger partial charge in [0, 0.05) is 0 Å². The van der Waals surface area contributed by atoms with Gasteiger partial charge in [-0.1, -0.05) is 241 Å². The maximum atomic E-state index is 10.5. The first kappa shape index (κ1) is 53.9. The van der Waals surface area contributed by atoms with Crippen molar-refractivity contribution < 1.29 is 19.8 Å². The zero-order valence-electron chi connectivity index (χ0n) is 40.7. The lowest BCUT2D eigenvalue weighted by atomic mass is 9.93. The van der Waals surface area contributed by atoms with Crippen LogP contribution in [0.4, 0.5) is 0 Å². The fourth-order valence-electron chi connectivity index (χ4n) is 9.08. The van der Waals surface area contributed by atoms with Gasteiger partial charge in [0.2, 0.25) is 0 Å². The Morgan fingerprint density at radius 2 is 0.547 bits per heavy atom. The minimum absolute atomic E-state index is 0.190. The molecule has 0 atom stereocenters. The Kier molecular flexibility index (Phi) is 28.6. The Morgan fingerprint density at radius 3 is 0.781 bits per heavy atom. The van der Waals surface area contributed by atoms with Gasteiger partial charge in [0.05, 0.1) is 11.1 Å². The van der Waals surface area contributed by atoms with Gasteiger partial charge in [-0.3, -0.25) is 0 Å². The second-order valence-corrected chi connectivity index (χ2v) is 18.1. The number of rotatable bonds is 30. The molecule has 0 aromatic heterocycles. The highest BCUT2D eigenvalue weighted by molar-refractivity contribution is 6.01. The van der Waals surface area contributed by atoms with Gasteiger partial charge in [0.1, 0.15) is 0 Å². The predicted molar refractivity (Wildman–Crippen MR) is 277 cm³/mol. The van der Waals surface area contributed by atoms with Crippen LogP contribution >= 0.6 is 0 Å². The largest absolute Gasteiger partial charge is 0.478 e. The lowest BCUT2D eigenvalue weighted by Crippen LogP contribution is -2.06. The third kappa shape index (κ3) is 20.6. The summed E-state index contributed by atoms with van der Waals surface area (Å²) in [5.41, 5.74) is 5.95. The summed E-state index contributed by atoms with van der Waals surface area (Å²) < 4.78 is 0. The van der Waals surface area contributed by atoms with E-state index in [0.29, 0.717) is 0 Å². The zero-order valence-corrected chi connectivity index (χ0v) is 40.7.